The van der Waals surface area contributed by atoms with Crippen LogP contribution in [0.15, 0.2) is 22.7 Å². The Kier molecular flexibility index (Phi) is 3.51. The summed E-state index contributed by atoms with van der Waals surface area (Å²) in [6, 6.07) is 4.58. The van der Waals surface area contributed by atoms with Crippen LogP contribution in [0.25, 0.3) is 0 Å². The molecule has 0 aromatic heterocycles. The Bertz CT molecular complexity index is 435. The predicted octanol–water partition coefficient (Wildman–Crippen LogP) is 2.58. The van der Waals surface area contributed by atoms with E-state index in [1.165, 1.54) is 11.0 Å². The molecule has 1 heterocycles. The molecule has 1 aromatic carbocycles. The first-order valence-corrected chi connectivity index (χ1v) is 5.91. The molecule has 1 fully saturated rings. The predicted molar refractivity (Wildman–Crippen MR) is 62.7 cm³/mol. The smallest absolute Gasteiger partial charge is 0.407 e. The van der Waals surface area contributed by atoms with Crippen LogP contribution in [-0.2, 0) is 0 Å². The molecule has 1 N–H and O–H groups in total. The topological polar surface area (TPSA) is 49.8 Å². The van der Waals surface area contributed by atoms with Gasteiger partial charge in [0.05, 0.1) is 6.61 Å². The molecular formula is C11H11BrFNO3. The van der Waals surface area contributed by atoms with E-state index in [9.17, 15) is 9.18 Å². The second-order valence-electron chi connectivity index (χ2n) is 3.94. The number of carbonyl (C=O) groups is 1. The fourth-order valence-electron chi connectivity index (χ4n) is 1.63. The molecule has 0 bridgehead atoms. The van der Waals surface area contributed by atoms with Crippen LogP contribution in [0.5, 0.6) is 5.75 Å². The van der Waals surface area contributed by atoms with Crippen LogP contribution >= 0.6 is 15.9 Å². The number of rotatable bonds is 3. The van der Waals surface area contributed by atoms with Gasteiger partial charge in [0, 0.05) is 23.5 Å². The highest BCUT2D eigenvalue weighted by molar-refractivity contribution is 9.10. The van der Waals surface area contributed by atoms with Gasteiger partial charge in [0.2, 0.25) is 0 Å². The Labute approximate surface area is 106 Å². The zero-order valence-electron chi connectivity index (χ0n) is 8.90. The lowest BCUT2D eigenvalue weighted by Crippen LogP contribution is -2.51. The van der Waals surface area contributed by atoms with Crippen molar-refractivity contribution in [1.82, 2.24) is 4.90 Å². The van der Waals surface area contributed by atoms with E-state index < -0.39 is 11.9 Å². The number of hydrogen-bond donors (Lipinski definition) is 1. The normalized spacial score (nSPS) is 15.5. The molecule has 1 aliphatic rings. The van der Waals surface area contributed by atoms with Gasteiger partial charge in [-0.05, 0) is 18.2 Å². The molecule has 0 unspecified atom stereocenters. The van der Waals surface area contributed by atoms with Gasteiger partial charge in [-0.3, -0.25) is 0 Å². The third-order valence-electron chi connectivity index (χ3n) is 2.60. The van der Waals surface area contributed by atoms with Gasteiger partial charge in [-0.15, -0.1) is 0 Å². The Balaban J connectivity index is 1.81. The third kappa shape index (κ3) is 2.88. The maximum atomic E-state index is 13.4. The average Bonchev–Trinajstić information content (AvgIpc) is 2.17. The van der Waals surface area contributed by atoms with Crippen molar-refractivity contribution in [2.45, 2.75) is 0 Å². The lowest BCUT2D eigenvalue weighted by atomic mass is 10.0. The van der Waals surface area contributed by atoms with Gasteiger partial charge in [0.25, 0.3) is 0 Å². The molecule has 17 heavy (non-hydrogen) atoms. The van der Waals surface area contributed by atoms with Crippen LogP contribution in [0.3, 0.4) is 0 Å². The summed E-state index contributed by atoms with van der Waals surface area (Å²) in [5.74, 6) is -0.0788. The van der Waals surface area contributed by atoms with Crippen molar-refractivity contribution < 1.29 is 19.0 Å². The molecule has 0 spiro atoms. The largest absolute Gasteiger partial charge is 0.490 e. The van der Waals surface area contributed by atoms with Gasteiger partial charge in [-0.1, -0.05) is 15.9 Å². The lowest BCUT2D eigenvalue weighted by molar-refractivity contribution is 0.0576. The summed E-state index contributed by atoms with van der Waals surface area (Å²) in [7, 11) is 0. The monoisotopic (exact) mass is 303 g/mol. The Hall–Kier alpha value is -1.30. The molecule has 1 amide bonds. The molecule has 0 aliphatic carbocycles. The first kappa shape index (κ1) is 12.2. The first-order chi connectivity index (χ1) is 8.06. The van der Waals surface area contributed by atoms with Gasteiger partial charge in [-0.2, -0.15) is 0 Å². The fourth-order valence-corrected chi connectivity index (χ4v) is 1.96. The van der Waals surface area contributed by atoms with Crippen molar-refractivity contribution >= 4 is 22.0 Å². The highest BCUT2D eigenvalue weighted by atomic mass is 79.9. The average molecular weight is 304 g/mol. The number of halogens is 2. The molecule has 0 atom stereocenters. The van der Waals surface area contributed by atoms with E-state index in [-0.39, 0.29) is 11.7 Å². The third-order valence-corrected chi connectivity index (χ3v) is 3.09. The van der Waals surface area contributed by atoms with Gasteiger partial charge in [-0.25, -0.2) is 9.18 Å². The molecule has 0 saturated carbocycles. The Morgan fingerprint density at radius 3 is 2.88 bits per heavy atom. The van der Waals surface area contributed by atoms with Crippen LogP contribution in [0.2, 0.25) is 0 Å². The number of amides is 1. The SMILES string of the molecule is O=C(O)N1CC(COc2ccc(Br)cc2F)C1. The van der Waals surface area contributed by atoms with Crippen molar-refractivity contribution in [2.24, 2.45) is 5.92 Å². The summed E-state index contributed by atoms with van der Waals surface area (Å²) in [5.41, 5.74) is 0. The summed E-state index contributed by atoms with van der Waals surface area (Å²) in [6.45, 7) is 1.24. The first-order valence-electron chi connectivity index (χ1n) is 5.12. The summed E-state index contributed by atoms with van der Waals surface area (Å²) in [5, 5.41) is 8.63. The Morgan fingerprint density at radius 1 is 1.59 bits per heavy atom. The number of carboxylic acid groups (broad SMARTS) is 1. The van der Waals surface area contributed by atoms with E-state index in [2.05, 4.69) is 15.9 Å². The van der Waals surface area contributed by atoms with E-state index >= 15 is 0 Å². The molecule has 1 aliphatic heterocycles. The summed E-state index contributed by atoms with van der Waals surface area (Å²) < 4.78 is 19.3. The second kappa shape index (κ2) is 4.91. The molecular weight excluding hydrogens is 293 g/mol. The molecule has 1 aromatic rings. The highest BCUT2D eigenvalue weighted by Crippen LogP contribution is 2.23. The van der Waals surface area contributed by atoms with E-state index in [0.717, 1.165) is 0 Å². The molecule has 6 heteroatoms. The quantitative estimate of drug-likeness (QED) is 0.934. The van der Waals surface area contributed by atoms with Gasteiger partial charge in [0.15, 0.2) is 11.6 Å². The maximum absolute atomic E-state index is 13.4. The zero-order valence-corrected chi connectivity index (χ0v) is 10.5. The van der Waals surface area contributed by atoms with Gasteiger partial charge in [0.1, 0.15) is 0 Å². The molecule has 2 rings (SSSR count). The zero-order chi connectivity index (χ0) is 12.4. The maximum Gasteiger partial charge on any atom is 0.407 e. The van der Waals surface area contributed by atoms with Crippen LogP contribution < -0.4 is 4.74 Å². The molecule has 0 radical (unpaired) electrons. The minimum atomic E-state index is -0.920. The summed E-state index contributed by atoms with van der Waals surface area (Å²) in [6.07, 6.45) is -0.920. The number of nitrogens with zero attached hydrogens (tertiary/aromatic N) is 1. The minimum Gasteiger partial charge on any atom is -0.490 e. The standard InChI is InChI=1S/C11H11BrFNO3/c12-8-1-2-10(9(13)3-8)17-6-7-4-14(5-7)11(15)16/h1-3,7H,4-6H2,(H,15,16). The van der Waals surface area contributed by atoms with Crippen molar-refractivity contribution in [3.63, 3.8) is 0 Å². The van der Waals surface area contributed by atoms with Crippen molar-refractivity contribution in [3.05, 3.63) is 28.5 Å². The lowest BCUT2D eigenvalue weighted by Gasteiger charge is -2.36. The molecule has 92 valence electrons. The number of benzene rings is 1. The van der Waals surface area contributed by atoms with Crippen LogP contribution in [0, 0.1) is 11.7 Å². The number of ether oxygens (including phenoxy) is 1. The van der Waals surface area contributed by atoms with E-state index in [0.29, 0.717) is 24.2 Å². The van der Waals surface area contributed by atoms with E-state index in [1.807, 2.05) is 0 Å². The fraction of sp³-hybridized carbons (Fsp3) is 0.364. The summed E-state index contributed by atoms with van der Waals surface area (Å²) in [4.78, 5) is 11.8. The van der Waals surface area contributed by atoms with Crippen molar-refractivity contribution in [2.75, 3.05) is 19.7 Å². The van der Waals surface area contributed by atoms with Gasteiger partial charge >= 0.3 is 6.09 Å². The van der Waals surface area contributed by atoms with Crippen molar-refractivity contribution in [1.29, 1.82) is 0 Å². The highest BCUT2D eigenvalue weighted by Gasteiger charge is 2.30. The molecule has 4 nitrogen and oxygen atoms in total. The Morgan fingerprint density at radius 2 is 2.29 bits per heavy atom. The minimum absolute atomic E-state index is 0.147. The second-order valence-corrected chi connectivity index (χ2v) is 4.86. The van der Waals surface area contributed by atoms with Crippen LogP contribution in [0.4, 0.5) is 9.18 Å². The van der Waals surface area contributed by atoms with Gasteiger partial charge < -0.3 is 14.7 Å². The summed E-state index contributed by atoms with van der Waals surface area (Å²) >= 11 is 3.16. The van der Waals surface area contributed by atoms with Crippen LogP contribution in [-0.4, -0.2) is 35.8 Å². The van der Waals surface area contributed by atoms with E-state index in [4.69, 9.17) is 9.84 Å². The molecule has 1 saturated heterocycles. The number of hydrogen-bond acceptors (Lipinski definition) is 2. The van der Waals surface area contributed by atoms with Crippen LogP contribution in [0.1, 0.15) is 0 Å². The van der Waals surface area contributed by atoms with Crippen molar-refractivity contribution in [3.8, 4) is 5.75 Å². The van der Waals surface area contributed by atoms with E-state index in [1.54, 1.807) is 12.1 Å². The number of likely N-dealkylation sites (tertiary alicyclic amines) is 1.